The number of nitrogens with one attached hydrogen (secondary N) is 1. The number of carbonyl (C=O) groups excluding carboxylic acids is 1. The van der Waals surface area contributed by atoms with Crippen LogP contribution in [0.1, 0.15) is 61.6 Å². The minimum atomic E-state index is -0.658. The Morgan fingerprint density at radius 1 is 1.31 bits per heavy atom. The van der Waals surface area contributed by atoms with Crippen molar-refractivity contribution in [3.8, 4) is 0 Å². The molecule has 0 aliphatic carbocycles. The summed E-state index contributed by atoms with van der Waals surface area (Å²) in [5.41, 5.74) is 2.92. The number of aromatic amines is 1. The molecule has 0 bridgehead atoms. The number of hydrogen-bond donors (Lipinski definition) is 2. The third-order valence-corrected chi connectivity index (χ3v) is 6.10. The van der Waals surface area contributed by atoms with Crippen LogP contribution in [0.2, 0.25) is 0 Å². The average Bonchev–Trinajstić information content (AvgIpc) is 3.11. The monoisotopic (exact) mass is 444 g/mol. The Morgan fingerprint density at radius 2 is 2.00 bits per heavy atom. The summed E-state index contributed by atoms with van der Waals surface area (Å²) >= 11 is 0. The van der Waals surface area contributed by atoms with E-state index in [-0.39, 0.29) is 0 Å². The van der Waals surface area contributed by atoms with Crippen LogP contribution in [0.5, 0.6) is 0 Å². The Kier molecular flexibility index (Phi) is 7.69. The number of aliphatic hydroxyl groups is 1. The highest BCUT2D eigenvalue weighted by Crippen LogP contribution is 2.33. The molecular formula is C24H32N2O6. The van der Waals surface area contributed by atoms with Gasteiger partial charge in [0, 0.05) is 25.1 Å². The second kappa shape index (κ2) is 10.3. The SMILES string of the molecule is CCc1cn([C@@H]2CC(OC(C)=O)[C@H](CC[C@H](O)Cc3c(C)cccc3C)O2)c(=O)[nH]c1=O. The fourth-order valence-electron chi connectivity index (χ4n) is 4.32. The molecule has 8 nitrogen and oxygen atoms in total. The summed E-state index contributed by atoms with van der Waals surface area (Å²) in [6.45, 7) is 7.23. The number of carbonyl (C=O) groups is 1. The van der Waals surface area contributed by atoms with E-state index >= 15 is 0 Å². The van der Waals surface area contributed by atoms with Crippen molar-refractivity contribution in [1.82, 2.24) is 9.55 Å². The Hall–Kier alpha value is -2.71. The lowest BCUT2D eigenvalue weighted by atomic mass is 9.95. The minimum absolute atomic E-state index is 0.298. The van der Waals surface area contributed by atoms with E-state index in [1.807, 2.05) is 39.0 Å². The Balaban J connectivity index is 1.71. The van der Waals surface area contributed by atoms with Crippen molar-refractivity contribution in [2.45, 2.75) is 84.3 Å². The van der Waals surface area contributed by atoms with Gasteiger partial charge in [-0.1, -0.05) is 25.1 Å². The number of rotatable bonds is 8. The van der Waals surface area contributed by atoms with Gasteiger partial charge in [0.1, 0.15) is 12.3 Å². The maximum Gasteiger partial charge on any atom is 0.330 e. The summed E-state index contributed by atoms with van der Waals surface area (Å²) in [6, 6.07) is 6.06. The van der Waals surface area contributed by atoms with Crippen LogP contribution in [0.3, 0.4) is 0 Å². The van der Waals surface area contributed by atoms with Crippen LogP contribution >= 0.6 is 0 Å². The fourth-order valence-corrected chi connectivity index (χ4v) is 4.32. The summed E-state index contributed by atoms with van der Waals surface area (Å²) in [7, 11) is 0. The van der Waals surface area contributed by atoms with Crippen molar-refractivity contribution >= 4 is 5.97 Å². The van der Waals surface area contributed by atoms with Gasteiger partial charge in [-0.3, -0.25) is 19.1 Å². The molecule has 0 saturated carbocycles. The van der Waals surface area contributed by atoms with E-state index < -0.39 is 41.8 Å². The van der Waals surface area contributed by atoms with Gasteiger partial charge < -0.3 is 14.6 Å². The minimum Gasteiger partial charge on any atom is -0.460 e. The number of esters is 1. The lowest BCUT2D eigenvalue weighted by Gasteiger charge is -2.21. The van der Waals surface area contributed by atoms with Crippen molar-refractivity contribution in [2.24, 2.45) is 0 Å². The summed E-state index contributed by atoms with van der Waals surface area (Å²) in [5.74, 6) is -0.427. The molecule has 1 saturated heterocycles. The number of aryl methyl sites for hydroxylation is 3. The number of nitrogens with zero attached hydrogens (tertiary/aromatic N) is 1. The van der Waals surface area contributed by atoms with Gasteiger partial charge in [0.2, 0.25) is 0 Å². The van der Waals surface area contributed by atoms with E-state index in [1.165, 1.54) is 17.7 Å². The molecule has 3 rings (SSSR count). The van der Waals surface area contributed by atoms with Gasteiger partial charge in [0.05, 0.1) is 12.2 Å². The topological polar surface area (TPSA) is 111 Å². The molecule has 174 valence electrons. The predicted molar refractivity (Wildman–Crippen MR) is 120 cm³/mol. The van der Waals surface area contributed by atoms with E-state index in [0.29, 0.717) is 37.7 Å². The normalized spacial score (nSPS) is 21.5. The lowest BCUT2D eigenvalue weighted by Crippen LogP contribution is -2.34. The van der Waals surface area contributed by atoms with Crippen LogP contribution in [0.25, 0.3) is 0 Å². The molecule has 1 fully saturated rings. The molecule has 1 aliphatic heterocycles. The predicted octanol–water partition coefficient (Wildman–Crippen LogP) is 2.32. The zero-order valence-electron chi connectivity index (χ0n) is 19.1. The second-order valence-corrected chi connectivity index (χ2v) is 8.49. The van der Waals surface area contributed by atoms with Crippen LogP contribution in [-0.2, 0) is 27.1 Å². The number of aliphatic hydroxyl groups excluding tert-OH is 1. The molecule has 4 atom stereocenters. The van der Waals surface area contributed by atoms with Gasteiger partial charge in [-0.25, -0.2) is 4.79 Å². The highest BCUT2D eigenvalue weighted by molar-refractivity contribution is 5.66. The molecule has 2 aromatic rings. The van der Waals surface area contributed by atoms with E-state index in [0.717, 1.165) is 16.7 Å². The highest BCUT2D eigenvalue weighted by Gasteiger charge is 2.39. The van der Waals surface area contributed by atoms with Gasteiger partial charge >= 0.3 is 11.7 Å². The molecule has 1 aromatic heterocycles. The molecule has 0 amide bonds. The summed E-state index contributed by atoms with van der Waals surface area (Å²) in [6.07, 6.45) is 1.53. The first-order valence-corrected chi connectivity index (χ1v) is 11.1. The Morgan fingerprint density at radius 3 is 2.62 bits per heavy atom. The summed E-state index contributed by atoms with van der Waals surface area (Å²) < 4.78 is 12.9. The molecule has 2 N–H and O–H groups in total. The standard InChI is InChI=1S/C24H32N2O6/c1-5-17-13-26(24(30)25-23(17)29)22-12-21(31-16(4)27)20(32-22)10-9-18(28)11-19-14(2)7-6-8-15(19)3/h6-8,13,18,20-22,28H,5,9-12H2,1-4H3,(H,25,29,30)/t18-,20-,21?,22-/m0/s1. The number of H-pyrrole nitrogens is 1. The van der Waals surface area contributed by atoms with Gasteiger partial charge in [0.25, 0.3) is 5.56 Å². The number of aromatic nitrogens is 2. The second-order valence-electron chi connectivity index (χ2n) is 8.49. The number of benzene rings is 1. The quantitative estimate of drug-likeness (QED) is 0.605. The Bertz CT molecular complexity index is 1050. The smallest absolute Gasteiger partial charge is 0.330 e. The van der Waals surface area contributed by atoms with Crippen LogP contribution < -0.4 is 11.2 Å². The number of ether oxygens (including phenoxy) is 2. The summed E-state index contributed by atoms with van der Waals surface area (Å²) in [5, 5.41) is 10.6. The van der Waals surface area contributed by atoms with Crippen LogP contribution in [0.4, 0.5) is 0 Å². The Labute approximate surface area is 187 Å². The maximum atomic E-state index is 12.3. The average molecular weight is 445 g/mol. The highest BCUT2D eigenvalue weighted by atomic mass is 16.6. The van der Waals surface area contributed by atoms with Gasteiger partial charge in [0.15, 0.2) is 0 Å². The van der Waals surface area contributed by atoms with Crippen LogP contribution in [0, 0.1) is 13.8 Å². The summed E-state index contributed by atoms with van der Waals surface area (Å²) in [4.78, 5) is 38.2. The zero-order valence-corrected chi connectivity index (χ0v) is 19.1. The molecule has 0 spiro atoms. The van der Waals surface area contributed by atoms with Gasteiger partial charge in [-0.2, -0.15) is 0 Å². The van der Waals surface area contributed by atoms with Crippen molar-refractivity contribution in [1.29, 1.82) is 0 Å². The van der Waals surface area contributed by atoms with E-state index in [9.17, 15) is 19.5 Å². The molecular weight excluding hydrogens is 412 g/mol. The number of hydrogen-bond acceptors (Lipinski definition) is 6. The first-order valence-electron chi connectivity index (χ1n) is 11.1. The first-order chi connectivity index (χ1) is 15.2. The molecule has 1 aromatic carbocycles. The molecule has 32 heavy (non-hydrogen) atoms. The fraction of sp³-hybridized carbons (Fsp3) is 0.542. The zero-order chi connectivity index (χ0) is 23.4. The van der Waals surface area contributed by atoms with Crippen molar-refractivity contribution in [2.75, 3.05) is 0 Å². The van der Waals surface area contributed by atoms with Crippen molar-refractivity contribution in [3.05, 3.63) is 67.5 Å². The molecule has 2 heterocycles. The molecule has 0 radical (unpaired) electrons. The van der Waals surface area contributed by atoms with Gasteiger partial charge in [-0.15, -0.1) is 0 Å². The third-order valence-electron chi connectivity index (χ3n) is 6.10. The largest absolute Gasteiger partial charge is 0.460 e. The molecule has 8 heteroatoms. The van der Waals surface area contributed by atoms with E-state index in [1.54, 1.807) is 0 Å². The lowest BCUT2D eigenvalue weighted by molar-refractivity contribution is -0.149. The van der Waals surface area contributed by atoms with Crippen LogP contribution in [0.15, 0.2) is 34.0 Å². The third kappa shape index (κ3) is 5.55. The van der Waals surface area contributed by atoms with Crippen molar-refractivity contribution in [3.63, 3.8) is 0 Å². The van der Waals surface area contributed by atoms with Crippen molar-refractivity contribution < 1.29 is 19.4 Å². The van der Waals surface area contributed by atoms with E-state index in [4.69, 9.17) is 9.47 Å². The van der Waals surface area contributed by atoms with Gasteiger partial charge in [-0.05, 0) is 56.2 Å². The van der Waals surface area contributed by atoms with E-state index in [2.05, 4.69) is 4.98 Å². The molecule has 1 unspecified atom stereocenters. The van der Waals surface area contributed by atoms with Crippen LogP contribution in [-0.4, -0.2) is 38.9 Å². The molecule has 1 aliphatic rings. The maximum absolute atomic E-state index is 12.3. The first kappa shape index (κ1) is 23.9.